The first kappa shape index (κ1) is 23.7. The van der Waals surface area contributed by atoms with Gasteiger partial charge in [-0.2, -0.15) is 13.2 Å². The molecule has 2 N–H and O–H groups in total. The quantitative estimate of drug-likeness (QED) is 0.655. The predicted molar refractivity (Wildman–Crippen MR) is 108 cm³/mol. The van der Waals surface area contributed by atoms with Crippen LogP contribution >= 0.6 is 0 Å². The summed E-state index contributed by atoms with van der Waals surface area (Å²) in [6.07, 6.45) is -5.23. The first-order chi connectivity index (χ1) is 15.0. The van der Waals surface area contributed by atoms with E-state index < -0.39 is 29.9 Å². The van der Waals surface area contributed by atoms with Crippen LogP contribution in [0.5, 0.6) is 5.75 Å². The van der Waals surface area contributed by atoms with Crippen LogP contribution in [0.4, 0.5) is 23.2 Å². The van der Waals surface area contributed by atoms with Gasteiger partial charge in [0.15, 0.2) is 5.78 Å². The molecule has 2 aromatic rings. The number of alkyl halides is 3. The van der Waals surface area contributed by atoms with Crippen molar-refractivity contribution in [3.63, 3.8) is 0 Å². The Bertz CT molecular complexity index is 1040. The van der Waals surface area contributed by atoms with Gasteiger partial charge in [-0.25, -0.2) is 4.39 Å². The second kappa shape index (κ2) is 9.25. The number of rotatable bonds is 6. The molecular formula is C22H22F4N2O4. The van der Waals surface area contributed by atoms with Gasteiger partial charge in [0.05, 0.1) is 43.5 Å². The lowest BCUT2D eigenvalue weighted by atomic mass is 9.95. The van der Waals surface area contributed by atoms with Gasteiger partial charge in [-0.1, -0.05) is 12.1 Å². The summed E-state index contributed by atoms with van der Waals surface area (Å²) in [4.78, 5) is 27.2. The van der Waals surface area contributed by atoms with Gasteiger partial charge in [-0.05, 0) is 36.2 Å². The van der Waals surface area contributed by atoms with Crippen molar-refractivity contribution < 1.29 is 37.0 Å². The van der Waals surface area contributed by atoms with E-state index in [-0.39, 0.29) is 47.5 Å². The molecule has 0 aliphatic carbocycles. The number of fused-ring (bicyclic) bond motifs is 1. The van der Waals surface area contributed by atoms with E-state index in [0.717, 1.165) is 6.07 Å². The summed E-state index contributed by atoms with van der Waals surface area (Å²) < 4.78 is 57.3. The number of aliphatic hydroxyl groups excluding tert-OH is 1. The molecule has 1 aliphatic heterocycles. The standard InChI is InChI=1S/C22H22F4N2O4/c1-12(11-29)28-9-14-4-6-18(32-2)21(20(14)17(30)10-28)27-19(31)8-13-3-5-15(16(23)7-13)22(24,25)26/h3-7,12,29H,8-11H2,1-2H3,(H,27,31)/t12-/m1/s1. The fourth-order valence-electron chi connectivity index (χ4n) is 3.60. The molecule has 1 amide bonds. The molecule has 1 aliphatic rings. The zero-order valence-electron chi connectivity index (χ0n) is 17.4. The molecule has 0 radical (unpaired) electrons. The van der Waals surface area contributed by atoms with E-state index in [0.29, 0.717) is 24.2 Å². The van der Waals surface area contributed by atoms with E-state index in [9.17, 15) is 32.3 Å². The van der Waals surface area contributed by atoms with Crippen molar-refractivity contribution in [3.8, 4) is 5.75 Å². The molecule has 0 aromatic heterocycles. The average molecular weight is 454 g/mol. The minimum atomic E-state index is -4.83. The largest absolute Gasteiger partial charge is 0.495 e. The summed E-state index contributed by atoms with van der Waals surface area (Å²) in [7, 11) is 1.37. The lowest BCUT2D eigenvalue weighted by Crippen LogP contribution is -2.42. The number of aliphatic hydroxyl groups is 1. The normalized spacial score (nSPS) is 15.3. The van der Waals surface area contributed by atoms with Crippen LogP contribution in [-0.2, 0) is 23.9 Å². The van der Waals surface area contributed by atoms with Gasteiger partial charge >= 0.3 is 6.18 Å². The van der Waals surface area contributed by atoms with Crippen molar-refractivity contribution in [2.45, 2.75) is 32.1 Å². The number of hydrogen-bond acceptors (Lipinski definition) is 5. The second-order valence-corrected chi connectivity index (χ2v) is 7.57. The van der Waals surface area contributed by atoms with E-state index in [4.69, 9.17) is 4.74 Å². The van der Waals surface area contributed by atoms with Crippen molar-refractivity contribution >= 4 is 17.4 Å². The van der Waals surface area contributed by atoms with Crippen molar-refractivity contribution in [1.82, 2.24) is 4.90 Å². The highest BCUT2D eigenvalue weighted by atomic mass is 19.4. The van der Waals surface area contributed by atoms with E-state index in [2.05, 4.69) is 5.32 Å². The number of ketones is 1. The predicted octanol–water partition coefficient (Wildman–Crippen LogP) is 3.41. The van der Waals surface area contributed by atoms with Crippen molar-refractivity contribution in [2.24, 2.45) is 0 Å². The minimum absolute atomic E-state index is 0.0366. The van der Waals surface area contributed by atoms with Crippen molar-refractivity contribution in [1.29, 1.82) is 0 Å². The fraction of sp³-hybridized carbons (Fsp3) is 0.364. The molecule has 32 heavy (non-hydrogen) atoms. The van der Waals surface area contributed by atoms with Crippen LogP contribution in [0.3, 0.4) is 0 Å². The van der Waals surface area contributed by atoms with Crippen LogP contribution in [0.2, 0.25) is 0 Å². The summed E-state index contributed by atoms with van der Waals surface area (Å²) in [5.41, 5.74) is -0.293. The molecule has 0 spiro atoms. The van der Waals surface area contributed by atoms with Gasteiger partial charge < -0.3 is 15.2 Å². The number of nitrogens with zero attached hydrogens (tertiary/aromatic N) is 1. The molecule has 0 unspecified atom stereocenters. The van der Waals surface area contributed by atoms with Crippen LogP contribution in [0.15, 0.2) is 30.3 Å². The first-order valence-electron chi connectivity index (χ1n) is 9.78. The lowest BCUT2D eigenvalue weighted by molar-refractivity contribution is -0.140. The summed E-state index contributed by atoms with van der Waals surface area (Å²) in [6.45, 7) is 2.08. The average Bonchev–Trinajstić information content (AvgIpc) is 2.72. The van der Waals surface area contributed by atoms with Gasteiger partial charge in [-0.3, -0.25) is 14.5 Å². The maximum Gasteiger partial charge on any atom is 0.419 e. The molecule has 0 fully saturated rings. The van der Waals surface area contributed by atoms with E-state index >= 15 is 0 Å². The highest BCUT2D eigenvalue weighted by Crippen LogP contribution is 2.35. The zero-order chi connectivity index (χ0) is 23.6. The summed E-state index contributed by atoms with van der Waals surface area (Å²) in [6, 6.07) is 5.34. The molecule has 172 valence electrons. The van der Waals surface area contributed by atoms with E-state index in [1.807, 2.05) is 0 Å². The Hall–Kier alpha value is -2.98. The van der Waals surface area contributed by atoms with Crippen LogP contribution in [0.1, 0.15) is 34.0 Å². The van der Waals surface area contributed by atoms with Gasteiger partial charge in [0.1, 0.15) is 11.6 Å². The maximum atomic E-state index is 13.8. The minimum Gasteiger partial charge on any atom is -0.495 e. The van der Waals surface area contributed by atoms with Crippen LogP contribution in [0.25, 0.3) is 0 Å². The van der Waals surface area contributed by atoms with Gasteiger partial charge in [-0.15, -0.1) is 0 Å². The summed E-state index contributed by atoms with van der Waals surface area (Å²) in [5.74, 6) is -2.14. The summed E-state index contributed by atoms with van der Waals surface area (Å²) in [5, 5.41) is 12.0. The number of Topliss-reactive ketones (excluding diaryl/α,β-unsaturated/α-hetero) is 1. The lowest BCUT2D eigenvalue weighted by Gasteiger charge is -2.33. The van der Waals surface area contributed by atoms with Crippen LogP contribution < -0.4 is 10.1 Å². The molecule has 6 nitrogen and oxygen atoms in total. The highest BCUT2D eigenvalue weighted by Gasteiger charge is 2.34. The Morgan fingerprint density at radius 3 is 2.56 bits per heavy atom. The number of benzene rings is 2. The molecule has 0 saturated heterocycles. The topological polar surface area (TPSA) is 78.9 Å². The molecule has 1 atom stereocenters. The molecule has 0 saturated carbocycles. The first-order valence-corrected chi connectivity index (χ1v) is 9.78. The number of halogens is 4. The second-order valence-electron chi connectivity index (χ2n) is 7.57. The summed E-state index contributed by atoms with van der Waals surface area (Å²) >= 11 is 0. The number of amides is 1. The number of hydrogen-bond donors (Lipinski definition) is 2. The fourth-order valence-corrected chi connectivity index (χ4v) is 3.60. The molecule has 0 bridgehead atoms. The van der Waals surface area contributed by atoms with Crippen molar-refractivity contribution in [3.05, 3.63) is 58.4 Å². The monoisotopic (exact) mass is 454 g/mol. The van der Waals surface area contributed by atoms with Gasteiger partial charge in [0, 0.05) is 12.6 Å². The number of anilines is 1. The smallest absolute Gasteiger partial charge is 0.419 e. The third-order valence-corrected chi connectivity index (χ3v) is 5.33. The number of nitrogens with one attached hydrogen (secondary N) is 1. The number of carbonyl (C=O) groups is 2. The SMILES string of the molecule is COc1ccc2c(c1NC(=O)Cc1ccc(C(F)(F)F)c(F)c1)C(=O)CN([C@H](C)CO)C2. The Balaban J connectivity index is 1.85. The molecule has 1 heterocycles. The highest BCUT2D eigenvalue weighted by molar-refractivity contribution is 6.09. The Morgan fingerprint density at radius 2 is 1.97 bits per heavy atom. The molecule has 3 rings (SSSR count). The van der Waals surface area contributed by atoms with Gasteiger partial charge in [0.2, 0.25) is 5.91 Å². The molecule has 10 heteroatoms. The van der Waals surface area contributed by atoms with Gasteiger partial charge in [0.25, 0.3) is 0 Å². The maximum absolute atomic E-state index is 13.8. The van der Waals surface area contributed by atoms with Crippen LogP contribution in [0, 0.1) is 5.82 Å². The Kier molecular flexibility index (Phi) is 6.85. The Labute approximate surface area is 181 Å². The van der Waals surface area contributed by atoms with Crippen LogP contribution in [-0.4, -0.2) is 48.0 Å². The van der Waals surface area contributed by atoms with Crippen molar-refractivity contribution in [2.75, 3.05) is 25.6 Å². The number of methoxy groups -OCH3 is 1. The number of carbonyl (C=O) groups excluding carboxylic acids is 2. The third kappa shape index (κ3) is 4.91. The number of ether oxygens (including phenoxy) is 1. The zero-order valence-corrected chi connectivity index (χ0v) is 17.4. The Morgan fingerprint density at radius 1 is 1.25 bits per heavy atom. The molecule has 2 aromatic carbocycles. The third-order valence-electron chi connectivity index (χ3n) is 5.33. The molecular weight excluding hydrogens is 432 g/mol. The van der Waals surface area contributed by atoms with E-state index in [1.165, 1.54) is 7.11 Å². The van der Waals surface area contributed by atoms with E-state index in [1.54, 1.807) is 24.0 Å².